The van der Waals surface area contributed by atoms with Crippen LogP contribution in [0, 0.1) is 5.82 Å². The lowest BCUT2D eigenvalue weighted by Gasteiger charge is -2.21. The van der Waals surface area contributed by atoms with E-state index in [1.54, 1.807) is 25.1 Å². The summed E-state index contributed by atoms with van der Waals surface area (Å²) < 4.78 is 18.3. The van der Waals surface area contributed by atoms with Gasteiger partial charge in [-0.2, -0.15) is 0 Å². The largest absolute Gasteiger partial charge is 0.481 e. The second kappa shape index (κ2) is 8.30. The molecule has 1 aliphatic rings. The van der Waals surface area contributed by atoms with Gasteiger partial charge in [0, 0.05) is 10.5 Å². The number of fused-ring (bicyclic) bond motifs is 1. The molecule has 0 bridgehead atoms. The highest BCUT2D eigenvalue weighted by molar-refractivity contribution is 8.00. The quantitative estimate of drug-likeness (QED) is 0.682. The Kier molecular flexibility index (Phi) is 5.84. The third kappa shape index (κ3) is 4.61. The van der Waals surface area contributed by atoms with Crippen molar-refractivity contribution in [2.75, 3.05) is 5.32 Å². The van der Waals surface area contributed by atoms with Crippen LogP contribution in [0.2, 0.25) is 0 Å². The Morgan fingerprint density at radius 3 is 2.61 bits per heavy atom. The van der Waals surface area contributed by atoms with Gasteiger partial charge in [0.05, 0.1) is 10.9 Å². The summed E-state index contributed by atoms with van der Waals surface area (Å²) in [5, 5.41) is 2.55. The van der Waals surface area contributed by atoms with Gasteiger partial charge in [0.2, 0.25) is 5.91 Å². The summed E-state index contributed by atoms with van der Waals surface area (Å²) in [5.41, 5.74) is 5.42. The average Bonchev–Trinajstić information content (AvgIpc) is 2.68. The first-order valence-electron chi connectivity index (χ1n) is 8.47. The van der Waals surface area contributed by atoms with Gasteiger partial charge in [-0.25, -0.2) is 4.39 Å². The molecular formula is C19H18FN3O4S. The molecule has 0 radical (unpaired) electrons. The summed E-state index contributed by atoms with van der Waals surface area (Å²) >= 11 is 1.41. The molecule has 3 amide bonds. The molecule has 7 nitrogen and oxygen atoms in total. The number of rotatable bonds is 4. The fourth-order valence-corrected chi connectivity index (χ4v) is 3.34. The maximum Gasteiger partial charge on any atom is 0.279 e. The monoisotopic (exact) mass is 403 g/mol. The molecule has 0 saturated carbocycles. The Labute approximate surface area is 165 Å². The average molecular weight is 403 g/mol. The van der Waals surface area contributed by atoms with E-state index < -0.39 is 23.7 Å². The molecule has 146 valence electrons. The van der Waals surface area contributed by atoms with Crippen molar-refractivity contribution < 1.29 is 23.5 Å². The van der Waals surface area contributed by atoms with Crippen LogP contribution in [0.25, 0.3) is 0 Å². The van der Waals surface area contributed by atoms with Crippen molar-refractivity contribution in [2.24, 2.45) is 0 Å². The fourth-order valence-electron chi connectivity index (χ4n) is 2.41. The van der Waals surface area contributed by atoms with E-state index in [1.807, 2.05) is 0 Å². The molecule has 0 aliphatic carbocycles. The highest BCUT2D eigenvalue weighted by Gasteiger charge is 2.24. The molecule has 9 heteroatoms. The van der Waals surface area contributed by atoms with Gasteiger partial charge in [0.1, 0.15) is 11.6 Å². The molecular weight excluding hydrogens is 385 g/mol. The van der Waals surface area contributed by atoms with E-state index in [0.29, 0.717) is 11.4 Å². The van der Waals surface area contributed by atoms with Gasteiger partial charge >= 0.3 is 0 Å². The first-order valence-corrected chi connectivity index (χ1v) is 9.35. The predicted molar refractivity (Wildman–Crippen MR) is 102 cm³/mol. The van der Waals surface area contributed by atoms with Gasteiger partial charge in [-0.1, -0.05) is 0 Å². The normalized spacial score (nSPS) is 16.4. The molecule has 0 spiro atoms. The van der Waals surface area contributed by atoms with E-state index in [1.165, 1.54) is 43.0 Å². The number of hydrazine groups is 1. The minimum atomic E-state index is -0.911. The van der Waals surface area contributed by atoms with Crippen molar-refractivity contribution >= 4 is 35.2 Å². The molecule has 1 heterocycles. The van der Waals surface area contributed by atoms with Crippen LogP contribution in [-0.2, 0) is 9.59 Å². The Balaban J connectivity index is 1.56. The lowest BCUT2D eigenvalue weighted by molar-refractivity contribution is -0.128. The number of carbonyl (C=O) groups excluding carboxylic acids is 3. The number of hydrogen-bond acceptors (Lipinski definition) is 5. The molecule has 3 N–H and O–H groups in total. The van der Waals surface area contributed by atoms with Crippen LogP contribution in [-0.4, -0.2) is 29.1 Å². The van der Waals surface area contributed by atoms with Gasteiger partial charge in [-0.3, -0.25) is 25.2 Å². The molecule has 0 unspecified atom stereocenters. The second-order valence-corrected chi connectivity index (χ2v) is 7.50. The smallest absolute Gasteiger partial charge is 0.279 e. The first-order chi connectivity index (χ1) is 13.3. The third-order valence-corrected chi connectivity index (χ3v) is 5.15. The van der Waals surface area contributed by atoms with Crippen LogP contribution in [0.15, 0.2) is 47.4 Å². The van der Waals surface area contributed by atoms with Crippen molar-refractivity contribution in [3.8, 4) is 5.75 Å². The summed E-state index contributed by atoms with van der Waals surface area (Å²) in [7, 11) is 0. The predicted octanol–water partition coefficient (Wildman–Crippen LogP) is 2.49. The van der Waals surface area contributed by atoms with Gasteiger partial charge in [0.25, 0.3) is 11.8 Å². The molecule has 0 fully saturated rings. The number of anilines is 1. The van der Waals surface area contributed by atoms with Gasteiger partial charge in [-0.05, 0) is 56.3 Å². The standard InChI is InChI=1S/C19H18FN3O4S/c1-10(27-14-6-4-13(20)5-7-14)17(24)22-23-19(26)12-3-8-16-15(9-12)21-18(25)11(2)28-16/h3-11H,1-2H3,(H,21,25)(H,22,24)(H,23,26)/t10-,11-/m1/s1. The lowest BCUT2D eigenvalue weighted by Crippen LogP contribution is -2.47. The molecule has 0 aromatic heterocycles. The second-order valence-electron chi connectivity index (χ2n) is 6.12. The number of benzene rings is 2. The topological polar surface area (TPSA) is 96.5 Å². The van der Waals surface area contributed by atoms with E-state index in [0.717, 1.165) is 4.90 Å². The number of thioether (sulfide) groups is 1. The zero-order chi connectivity index (χ0) is 20.3. The molecule has 3 rings (SSSR count). The van der Waals surface area contributed by atoms with Crippen molar-refractivity contribution in [1.29, 1.82) is 0 Å². The minimum Gasteiger partial charge on any atom is -0.481 e. The summed E-state index contributed by atoms with van der Waals surface area (Å²) in [6.07, 6.45) is -0.911. The fraction of sp³-hybridized carbons (Fsp3) is 0.211. The zero-order valence-electron chi connectivity index (χ0n) is 15.1. The third-order valence-electron chi connectivity index (χ3n) is 3.97. The number of halogens is 1. The molecule has 2 aromatic carbocycles. The minimum absolute atomic E-state index is 0.130. The van der Waals surface area contributed by atoms with E-state index >= 15 is 0 Å². The Bertz CT molecular complexity index is 920. The summed E-state index contributed by atoms with van der Waals surface area (Å²) in [5.74, 6) is -1.33. The SMILES string of the molecule is C[C@@H](Oc1ccc(F)cc1)C(=O)NNC(=O)c1ccc2c(c1)NC(=O)[C@@H](C)S2. The number of ether oxygens (including phenoxy) is 1. The molecule has 2 aromatic rings. The van der Waals surface area contributed by atoms with E-state index in [2.05, 4.69) is 16.2 Å². The molecule has 2 atom stereocenters. The Morgan fingerprint density at radius 2 is 1.89 bits per heavy atom. The number of amides is 3. The van der Waals surface area contributed by atoms with Crippen LogP contribution in [0.4, 0.5) is 10.1 Å². The van der Waals surface area contributed by atoms with Crippen LogP contribution < -0.4 is 20.9 Å². The number of carbonyl (C=O) groups is 3. The van der Waals surface area contributed by atoms with Crippen LogP contribution in [0.3, 0.4) is 0 Å². The number of nitrogens with one attached hydrogen (secondary N) is 3. The van der Waals surface area contributed by atoms with Crippen LogP contribution >= 0.6 is 11.8 Å². The van der Waals surface area contributed by atoms with Gasteiger partial charge in [-0.15, -0.1) is 11.8 Å². The van der Waals surface area contributed by atoms with Crippen LogP contribution in [0.1, 0.15) is 24.2 Å². The van der Waals surface area contributed by atoms with Crippen LogP contribution in [0.5, 0.6) is 5.75 Å². The Hall–Kier alpha value is -3.07. The van der Waals surface area contributed by atoms with Gasteiger partial charge < -0.3 is 10.1 Å². The van der Waals surface area contributed by atoms with Crippen molar-refractivity contribution in [2.45, 2.75) is 30.1 Å². The molecule has 1 aliphatic heterocycles. The summed E-state index contributed by atoms with van der Waals surface area (Å²) in [6, 6.07) is 10.1. The van der Waals surface area contributed by atoms with Crippen molar-refractivity contribution in [3.63, 3.8) is 0 Å². The van der Waals surface area contributed by atoms with E-state index in [9.17, 15) is 18.8 Å². The van der Waals surface area contributed by atoms with Crippen molar-refractivity contribution in [3.05, 3.63) is 53.8 Å². The Morgan fingerprint density at radius 1 is 1.18 bits per heavy atom. The maximum absolute atomic E-state index is 12.9. The highest BCUT2D eigenvalue weighted by atomic mass is 32.2. The highest BCUT2D eigenvalue weighted by Crippen LogP contribution is 2.35. The first kappa shape index (κ1) is 19.7. The molecule has 0 saturated heterocycles. The maximum atomic E-state index is 12.9. The van der Waals surface area contributed by atoms with E-state index in [4.69, 9.17) is 4.74 Å². The van der Waals surface area contributed by atoms with Crippen molar-refractivity contribution in [1.82, 2.24) is 10.9 Å². The summed E-state index contributed by atoms with van der Waals surface area (Å²) in [4.78, 5) is 37.0. The zero-order valence-corrected chi connectivity index (χ0v) is 15.9. The van der Waals surface area contributed by atoms with E-state index in [-0.39, 0.29) is 16.7 Å². The lowest BCUT2D eigenvalue weighted by atomic mass is 10.2. The number of hydrogen-bond donors (Lipinski definition) is 3. The molecule has 28 heavy (non-hydrogen) atoms. The van der Waals surface area contributed by atoms with Gasteiger partial charge in [0.15, 0.2) is 6.10 Å². The summed E-state index contributed by atoms with van der Waals surface area (Å²) in [6.45, 7) is 3.30.